The van der Waals surface area contributed by atoms with Crippen LogP contribution in [-0.2, 0) is 14.3 Å². The van der Waals surface area contributed by atoms with Crippen molar-refractivity contribution in [1.29, 1.82) is 0 Å². The minimum Gasteiger partial charge on any atom is -0.463 e. The van der Waals surface area contributed by atoms with Crippen LogP contribution in [0, 0.1) is 5.92 Å². The molecule has 0 aliphatic carbocycles. The molecule has 76 valence electrons. The number of carbonyl (C=O) groups excluding carboxylic acids is 1. The molecule has 0 saturated carbocycles. The molecule has 1 fully saturated rings. The first-order chi connectivity index (χ1) is 6.09. The lowest BCUT2D eigenvalue weighted by atomic mass is 10.0. The molecule has 1 aliphatic rings. The minimum absolute atomic E-state index is 0.0364. The number of ether oxygens (including phenoxy) is 2. The summed E-state index contributed by atoms with van der Waals surface area (Å²) in [6.07, 6.45) is 0.348. The van der Waals surface area contributed by atoms with Gasteiger partial charge in [0, 0.05) is 11.2 Å². The summed E-state index contributed by atoms with van der Waals surface area (Å²) in [7, 11) is 0. The Labute approximate surface area is 84.2 Å². The van der Waals surface area contributed by atoms with Gasteiger partial charge in [0.05, 0.1) is 25.7 Å². The van der Waals surface area contributed by atoms with Crippen molar-refractivity contribution >= 4 is 18.6 Å². The maximum atomic E-state index is 11.2. The van der Waals surface area contributed by atoms with Crippen molar-refractivity contribution in [2.45, 2.75) is 31.6 Å². The van der Waals surface area contributed by atoms with Gasteiger partial charge < -0.3 is 9.47 Å². The van der Waals surface area contributed by atoms with Gasteiger partial charge in [0.15, 0.2) is 0 Å². The van der Waals surface area contributed by atoms with Gasteiger partial charge in [-0.05, 0) is 13.8 Å². The SMILES string of the molecule is CC(C)OC(=O)CC(S)C1COC1. The molecule has 0 aromatic heterocycles. The Bertz CT molecular complexity index is 178. The van der Waals surface area contributed by atoms with Crippen LogP contribution in [0.5, 0.6) is 0 Å². The first kappa shape index (κ1) is 10.9. The second kappa shape index (κ2) is 4.86. The van der Waals surface area contributed by atoms with Crippen molar-refractivity contribution in [3.8, 4) is 0 Å². The highest BCUT2D eigenvalue weighted by molar-refractivity contribution is 7.81. The van der Waals surface area contributed by atoms with E-state index in [1.54, 1.807) is 0 Å². The molecule has 1 saturated heterocycles. The monoisotopic (exact) mass is 204 g/mol. The average molecular weight is 204 g/mol. The van der Waals surface area contributed by atoms with Crippen molar-refractivity contribution in [3.63, 3.8) is 0 Å². The Hall–Kier alpha value is -0.220. The van der Waals surface area contributed by atoms with E-state index in [4.69, 9.17) is 9.47 Å². The Kier molecular flexibility index (Phi) is 4.06. The zero-order chi connectivity index (χ0) is 9.84. The fourth-order valence-electron chi connectivity index (χ4n) is 1.12. The lowest BCUT2D eigenvalue weighted by Crippen LogP contribution is -2.36. The van der Waals surface area contributed by atoms with Gasteiger partial charge in [0.25, 0.3) is 0 Å². The number of carbonyl (C=O) groups is 1. The van der Waals surface area contributed by atoms with E-state index in [1.807, 2.05) is 13.8 Å². The van der Waals surface area contributed by atoms with Gasteiger partial charge in [0.1, 0.15) is 0 Å². The molecular weight excluding hydrogens is 188 g/mol. The number of hydrogen-bond acceptors (Lipinski definition) is 4. The smallest absolute Gasteiger partial charge is 0.307 e. The van der Waals surface area contributed by atoms with Crippen LogP contribution in [0.2, 0.25) is 0 Å². The molecule has 3 nitrogen and oxygen atoms in total. The summed E-state index contributed by atoms with van der Waals surface area (Å²) < 4.78 is 10.0. The summed E-state index contributed by atoms with van der Waals surface area (Å²) >= 11 is 4.34. The van der Waals surface area contributed by atoms with Crippen LogP contribution in [0.3, 0.4) is 0 Å². The second-order valence-electron chi connectivity index (χ2n) is 3.61. The van der Waals surface area contributed by atoms with Crippen molar-refractivity contribution in [2.24, 2.45) is 5.92 Å². The van der Waals surface area contributed by atoms with Crippen LogP contribution in [0.4, 0.5) is 0 Å². The summed E-state index contributed by atoms with van der Waals surface area (Å²) in [6, 6.07) is 0. The summed E-state index contributed by atoms with van der Waals surface area (Å²) in [5, 5.41) is 0.0833. The van der Waals surface area contributed by atoms with E-state index in [9.17, 15) is 4.79 Å². The van der Waals surface area contributed by atoms with Crippen LogP contribution in [0.25, 0.3) is 0 Å². The summed E-state index contributed by atoms with van der Waals surface area (Å²) in [5.41, 5.74) is 0. The van der Waals surface area contributed by atoms with Crippen LogP contribution in [0.1, 0.15) is 20.3 Å². The number of thiol groups is 1. The molecule has 0 amide bonds. The van der Waals surface area contributed by atoms with Gasteiger partial charge in [-0.15, -0.1) is 0 Å². The molecule has 0 N–H and O–H groups in total. The highest BCUT2D eigenvalue weighted by Crippen LogP contribution is 2.22. The van der Waals surface area contributed by atoms with Gasteiger partial charge in [0.2, 0.25) is 0 Å². The Balaban J connectivity index is 2.18. The van der Waals surface area contributed by atoms with Crippen molar-refractivity contribution in [2.75, 3.05) is 13.2 Å². The van der Waals surface area contributed by atoms with Gasteiger partial charge >= 0.3 is 5.97 Å². The fraction of sp³-hybridized carbons (Fsp3) is 0.889. The lowest BCUT2D eigenvalue weighted by molar-refractivity contribution is -0.148. The van der Waals surface area contributed by atoms with E-state index in [0.717, 1.165) is 13.2 Å². The van der Waals surface area contributed by atoms with E-state index >= 15 is 0 Å². The minimum atomic E-state index is -0.165. The van der Waals surface area contributed by atoms with Crippen molar-refractivity contribution < 1.29 is 14.3 Å². The Morgan fingerprint density at radius 2 is 2.23 bits per heavy atom. The van der Waals surface area contributed by atoms with Crippen LogP contribution >= 0.6 is 12.6 Å². The maximum absolute atomic E-state index is 11.2. The molecule has 1 unspecified atom stereocenters. The predicted octanol–water partition coefficient (Wildman–Crippen LogP) is 1.27. The number of hydrogen-bond donors (Lipinski definition) is 1. The topological polar surface area (TPSA) is 35.5 Å². The van der Waals surface area contributed by atoms with Gasteiger partial charge in [-0.1, -0.05) is 0 Å². The maximum Gasteiger partial charge on any atom is 0.307 e. The van der Waals surface area contributed by atoms with E-state index in [2.05, 4.69) is 12.6 Å². The summed E-state index contributed by atoms with van der Waals surface area (Å²) in [5.74, 6) is 0.255. The molecule has 4 heteroatoms. The summed E-state index contributed by atoms with van der Waals surface area (Å²) in [6.45, 7) is 5.14. The molecule has 1 rings (SSSR count). The Morgan fingerprint density at radius 1 is 1.62 bits per heavy atom. The van der Waals surface area contributed by atoms with Crippen molar-refractivity contribution in [1.82, 2.24) is 0 Å². The van der Waals surface area contributed by atoms with Gasteiger partial charge in [-0.25, -0.2) is 0 Å². The first-order valence-electron chi connectivity index (χ1n) is 4.55. The van der Waals surface area contributed by atoms with E-state index < -0.39 is 0 Å². The zero-order valence-electron chi connectivity index (χ0n) is 8.03. The van der Waals surface area contributed by atoms with E-state index in [0.29, 0.717) is 12.3 Å². The Morgan fingerprint density at radius 3 is 2.62 bits per heavy atom. The second-order valence-corrected chi connectivity index (χ2v) is 4.27. The largest absolute Gasteiger partial charge is 0.463 e. The molecule has 1 heterocycles. The third kappa shape index (κ3) is 3.56. The average Bonchev–Trinajstić information content (AvgIpc) is 1.78. The van der Waals surface area contributed by atoms with Crippen LogP contribution in [0.15, 0.2) is 0 Å². The molecule has 1 atom stereocenters. The van der Waals surface area contributed by atoms with Gasteiger partial charge in [-0.2, -0.15) is 12.6 Å². The highest BCUT2D eigenvalue weighted by Gasteiger charge is 2.27. The molecule has 0 radical (unpaired) electrons. The van der Waals surface area contributed by atoms with Crippen LogP contribution < -0.4 is 0 Å². The molecular formula is C9H16O3S. The standard InChI is InChI=1S/C9H16O3S/c1-6(2)12-9(10)3-8(13)7-4-11-5-7/h6-8,13H,3-5H2,1-2H3. The predicted molar refractivity (Wildman–Crippen MR) is 52.9 cm³/mol. The first-order valence-corrected chi connectivity index (χ1v) is 5.06. The number of rotatable bonds is 4. The van der Waals surface area contributed by atoms with E-state index in [-0.39, 0.29) is 17.3 Å². The highest BCUT2D eigenvalue weighted by atomic mass is 32.1. The van der Waals surface area contributed by atoms with Crippen molar-refractivity contribution in [3.05, 3.63) is 0 Å². The molecule has 1 aliphatic heterocycles. The third-order valence-corrected chi connectivity index (χ3v) is 2.56. The zero-order valence-corrected chi connectivity index (χ0v) is 8.92. The fourth-order valence-corrected chi connectivity index (χ4v) is 1.45. The van der Waals surface area contributed by atoms with Crippen LogP contribution in [-0.4, -0.2) is 30.5 Å². The molecule has 13 heavy (non-hydrogen) atoms. The molecule has 0 aromatic carbocycles. The third-order valence-electron chi connectivity index (χ3n) is 1.95. The normalized spacial score (nSPS) is 19.7. The quantitative estimate of drug-likeness (QED) is 0.553. The van der Waals surface area contributed by atoms with Gasteiger partial charge in [-0.3, -0.25) is 4.79 Å². The van der Waals surface area contributed by atoms with E-state index in [1.165, 1.54) is 0 Å². The number of esters is 1. The summed E-state index contributed by atoms with van der Waals surface area (Å²) in [4.78, 5) is 11.2. The lowest BCUT2D eigenvalue weighted by Gasteiger charge is -2.30. The molecule has 0 bridgehead atoms. The molecule has 0 spiro atoms. The molecule has 0 aromatic rings.